The van der Waals surface area contributed by atoms with E-state index in [0.717, 1.165) is 11.5 Å². The van der Waals surface area contributed by atoms with Gasteiger partial charge in [0.25, 0.3) is 5.91 Å². The fourth-order valence-electron chi connectivity index (χ4n) is 2.08. The highest BCUT2D eigenvalue weighted by atomic mass is 16.5. The number of oxazole rings is 1. The van der Waals surface area contributed by atoms with E-state index in [1.165, 1.54) is 6.39 Å². The van der Waals surface area contributed by atoms with E-state index in [1.807, 2.05) is 13.8 Å². The number of carbonyl (C=O) groups excluding carboxylic acids is 1. The molecule has 1 atom stereocenters. The van der Waals surface area contributed by atoms with Gasteiger partial charge in [0.1, 0.15) is 23.8 Å². The first-order chi connectivity index (χ1) is 11.0. The normalized spacial score (nSPS) is 12.2. The third kappa shape index (κ3) is 4.82. The molecule has 124 valence electrons. The van der Waals surface area contributed by atoms with Crippen molar-refractivity contribution in [2.45, 2.75) is 39.4 Å². The van der Waals surface area contributed by atoms with E-state index in [-0.39, 0.29) is 25.0 Å². The molecule has 23 heavy (non-hydrogen) atoms. The molecule has 0 radical (unpaired) electrons. The van der Waals surface area contributed by atoms with Crippen LogP contribution < -0.4 is 10.1 Å². The molecule has 0 fully saturated rings. The highest BCUT2D eigenvalue weighted by Crippen LogP contribution is 2.21. The number of hydrogen-bond acceptors (Lipinski definition) is 5. The zero-order chi connectivity index (χ0) is 16.8. The Balaban J connectivity index is 2.00. The fraction of sp³-hybridized carbons (Fsp3) is 0.412. The van der Waals surface area contributed by atoms with Crippen molar-refractivity contribution in [3.63, 3.8) is 0 Å². The Hall–Kier alpha value is -2.34. The van der Waals surface area contributed by atoms with Gasteiger partial charge in [-0.3, -0.25) is 4.79 Å². The maximum Gasteiger partial charge on any atom is 0.251 e. The Kier molecular flexibility index (Phi) is 5.76. The van der Waals surface area contributed by atoms with Crippen LogP contribution in [0.4, 0.5) is 0 Å². The molecule has 0 saturated carbocycles. The molecular formula is C17H22N2O4. The number of aliphatic hydroxyl groups is 1. The van der Waals surface area contributed by atoms with Crippen LogP contribution in [0, 0.1) is 0 Å². The topological polar surface area (TPSA) is 84.6 Å². The van der Waals surface area contributed by atoms with Gasteiger partial charge in [-0.25, -0.2) is 4.98 Å². The molecule has 2 rings (SSSR count). The quantitative estimate of drug-likeness (QED) is 0.819. The van der Waals surface area contributed by atoms with Gasteiger partial charge in [-0.15, -0.1) is 0 Å². The van der Waals surface area contributed by atoms with Gasteiger partial charge in [0.05, 0.1) is 6.10 Å². The van der Waals surface area contributed by atoms with Crippen molar-refractivity contribution in [3.05, 3.63) is 47.7 Å². The summed E-state index contributed by atoms with van der Waals surface area (Å²) in [5.74, 6) is 1.36. The zero-order valence-electron chi connectivity index (χ0n) is 13.6. The number of rotatable bonds is 7. The first-order valence-corrected chi connectivity index (χ1v) is 7.58. The predicted molar refractivity (Wildman–Crippen MR) is 85.4 cm³/mol. The lowest BCUT2D eigenvalue weighted by molar-refractivity contribution is 0.0923. The van der Waals surface area contributed by atoms with Gasteiger partial charge in [-0.05, 0) is 25.1 Å². The van der Waals surface area contributed by atoms with Gasteiger partial charge in [0, 0.05) is 18.0 Å². The standard InChI is InChI=1S/C17H22N2O4/c1-11(2)16-15(19-10-23-16)9-22-14-6-4-5-13(7-14)17(21)18-8-12(3)20/h4-7,10-12,20H,8-9H2,1-3H3,(H,18,21). The van der Waals surface area contributed by atoms with E-state index in [0.29, 0.717) is 11.3 Å². The number of aromatic nitrogens is 1. The number of amides is 1. The van der Waals surface area contributed by atoms with Crippen LogP contribution in [0.5, 0.6) is 5.75 Å². The van der Waals surface area contributed by atoms with Gasteiger partial charge < -0.3 is 19.6 Å². The molecule has 1 unspecified atom stereocenters. The van der Waals surface area contributed by atoms with E-state index in [9.17, 15) is 9.90 Å². The number of nitrogens with one attached hydrogen (secondary N) is 1. The average Bonchev–Trinajstić information content (AvgIpc) is 2.99. The summed E-state index contributed by atoms with van der Waals surface area (Å²) in [5.41, 5.74) is 1.23. The monoisotopic (exact) mass is 318 g/mol. The lowest BCUT2D eigenvalue weighted by Gasteiger charge is -2.10. The second-order valence-corrected chi connectivity index (χ2v) is 5.69. The summed E-state index contributed by atoms with van der Waals surface area (Å²) in [6.07, 6.45) is 0.827. The van der Waals surface area contributed by atoms with Crippen LogP contribution in [0.3, 0.4) is 0 Å². The van der Waals surface area contributed by atoms with Crippen molar-refractivity contribution in [1.82, 2.24) is 10.3 Å². The molecule has 6 heteroatoms. The SMILES string of the molecule is CC(O)CNC(=O)c1cccc(OCc2ncoc2C(C)C)c1. The minimum Gasteiger partial charge on any atom is -0.487 e. The average molecular weight is 318 g/mol. The summed E-state index contributed by atoms with van der Waals surface area (Å²) < 4.78 is 11.1. The first kappa shape index (κ1) is 17.0. The third-order valence-electron chi connectivity index (χ3n) is 3.23. The van der Waals surface area contributed by atoms with Crippen molar-refractivity contribution in [2.24, 2.45) is 0 Å². The lowest BCUT2D eigenvalue weighted by atomic mass is 10.1. The molecule has 2 aromatic rings. The molecule has 0 spiro atoms. The van der Waals surface area contributed by atoms with E-state index in [4.69, 9.17) is 9.15 Å². The number of ether oxygens (including phenoxy) is 1. The third-order valence-corrected chi connectivity index (χ3v) is 3.23. The van der Waals surface area contributed by atoms with Crippen LogP contribution in [0.2, 0.25) is 0 Å². The smallest absolute Gasteiger partial charge is 0.251 e. The summed E-state index contributed by atoms with van der Waals surface area (Å²) >= 11 is 0. The Bertz CT molecular complexity index is 650. The summed E-state index contributed by atoms with van der Waals surface area (Å²) in [6.45, 7) is 6.15. The maximum atomic E-state index is 12.0. The van der Waals surface area contributed by atoms with Gasteiger partial charge in [-0.2, -0.15) is 0 Å². The van der Waals surface area contributed by atoms with Crippen LogP contribution in [0.15, 0.2) is 35.1 Å². The summed E-state index contributed by atoms with van der Waals surface area (Å²) in [5, 5.41) is 11.9. The van der Waals surface area contributed by atoms with Crippen molar-refractivity contribution in [2.75, 3.05) is 6.54 Å². The maximum absolute atomic E-state index is 12.0. The van der Waals surface area contributed by atoms with Crippen LogP contribution in [0.25, 0.3) is 0 Å². The Morgan fingerprint density at radius 2 is 2.17 bits per heavy atom. The summed E-state index contributed by atoms with van der Waals surface area (Å²) in [6, 6.07) is 6.88. The van der Waals surface area contributed by atoms with Gasteiger partial charge in [0.2, 0.25) is 0 Å². The highest BCUT2D eigenvalue weighted by Gasteiger charge is 2.13. The Morgan fingerprint density at radius 1 is 1.39 bits per heavy atom. The minimum absolute atomic E-state index is 0.209. The largest absolute Gasteiger partial charge is 0.487 e. The van der Waals surface area contributed by atoms with Crippen LogP contribution in [-0.2, 0) is 6.61 Å². The van der Waals surface area contributed by atoms with Gasteiger partial charge in [0.15, 0.2) is 6.39 Å². The molecule has 1 aromatic heterocycles. The molecule has 6 nitrogen and oxygen atoms in total. The molecule has 2 N–H and O–H groups in total. The minimum atomic E-state index is -0.583. The molecule has 0 aliphatic carbocycles. The van der Waals surface area contributed by atoms with Crippen LogP contribution in [0.1, 0.15) is 48.5 Å². The summed E-state index contributed by atoms with van der Waals surface area (Å²) in [4.78, 5) is 16.1. The molecule has 0 bridgehead atoms. The zero-order valence-corrected chi connectivity index (χ0v) is 13.6. The second kappa shape index (κ2) is 7.78. The van der Waals surface area contributed by atoms with E-state index >= 15 is 0 Å². The second-order valence-electron chi connectivity index (χ2n) is 5.69. The molecule has 1 aromatic carbocycles. The van der Waals surface area contributed by atoms with E-state index in [2.05, 4.69) is 10.3 Å². The fourth-order valence-corrected chi connectivity index (χ4v) is 2.08. The van der Waals surface area contributed by atoms with E-state index in [1.54, 1.807) is 31.2 Å². The highest BCUT2D eigenvalue weighted by molar-refractivity contribution is 5.94. The van der Waals surface area contributed by atoms with Crippen molar-refractivity contribution in [1.29, 1.82) is 0 Å². The Labute approximate surface area is 135 Å². The van der Waals surface area contributed by atoms with Crippen molar-refractivity contribution < 1.29 is 19.1 Å². The molecule has 1 amide bonds. The Morgan fingerprint density at radius 3 is 2.87 bits per heavy atom. The molecule has 0 aliphatic rings. The number of benzene rings is 1. The van der Waals surface area contributed by atoms with Crippen molar-refractivity contribution in [3.8, 4) is 5.75 Å². The lowest BCUT2D eigenvalue weighted by Crippen LogP contribution is -2.30. The first-order valence-electron chi connectivity index (χ1n) is 7.58. The van der Waals surface area contributed by atoms with Crippen LogP contribution in [-0.4, -0.2) is 28.6 Å². The number of hydrogen-bond donors (Lipinski definition) is 2. The summed E-state index contributed by atoms with van der Waals surface area (Å²) in [7, 11) is 0. The number of nitrogens with zero attached hydrogens (tertiary/aromatic N) is 1. The molecule has 0 aliphatic heterocycles. The molecular weight excluding hydrogens is 296 g/mol. The number of carbonyl (C=O) groups is 1. The molecule has 0 saturated heterocycles. The van der Waals surface area contributed by atoms with Gasteiger partial charge in [-0.1, -0.05) is 19.9 Å². The number of aliphatic hydroxyl groups excluding tert-OH is 1. The predicted octanol–water partition coefficient (Wildman–Crippen LogP) is 2.49. The van der Waals surface area contributed by atoms with Gasteiger partial charge >= 0.3 is 0 Å². The van der Waals surface area contributed by atoms with Crippen molar-refractivity contribution >= 4 is 5.91 Å². The van der Waals surface area contributed by atoms with E-state index < -0.39 is 6.10 Å². The van der Waals surface area contributed by atoms with Crippen LogP contribution >= 0.6 is 0 Å². The molecule has 1 heterocycles.